The largest absolute Gasteiger partial charge is 0.465 e. The first kappa shape index (κ1) is 23.1. The van der Waals surface area contributed by atoms with Gasteiger partial charge in [0.2, 0.25) is 0 Å². The number of fused-ring (bicyclic) bond motifs is 3. The summed E-state index contributed by atoms with van der Waals surface area (Å²) in [6.45, 7) is 9.94. The van der Waals surface area contributed by atoms with Crippen molar-refractivity contribution in [2.75, 3.05) is 6.61 Å². The lowest BCUT2D eigenvalue weighted by Crippen LogP contribution is -2.67. The van der Waals surface area contributed by atoms with E-state index < -0.39 is 40.7 Å². The Kier molecular flexibility index (Phi) is 6.09. The van der Waals surface area contributed by atoms with Gasteiger partial charge in [0.1, 0.15) is 12.9 Å². The molecule has 2 saturated carbocycles. The molecule has 0 aliphatic heterocycles. The van der Waals surface area contributed by atoms with Crippen LogP contribution in [0.1, 0.15) is 47.0 Å². The summed E-state index contributed by atoms with van der Waals surface area (Å²) in [6, 6.07) is 0. The Morgan fingerprint density at radius 3 is 2.45 bits per heavy atom. The monoisotopic (exact) mass is 430 g/mol. The lowest BCUT2D eigenvalue weighted by Gasteiger charge is -2.59. The van der Waals surface area contributed by atoms with Gasteiger partial charge in [-0.05, 0) is 48.2 Å². The number of allylic oxidation sites excluding steroid dienone is 3. The number of ether oxygens (including phenoxy) is 2. The number of esters is 2. The minimum absolute atomic E-state index is 0.175. The van der Waals surface area contributed by atoms with Crippen LogP contribution in [0.2, 0.25) is 0 Å². The van der Waals surface area contributed by atoms with E-state index in [0.29, 0.717) is 31.1 Å². The smallest absolute Gasteiger partial charge is 0.303 e. The maximum atomic E-state index is 13.6. The standard InChI is InChI=1S/C24H30O7/c1-13(11-25)16-6-7-18-17(10-16)20(29)21(31-15(3)27)22-23(4,5)9-8-19(28)24(18,22)12-30-14(2)26/h8-9,11,16-18,21-22H,1,6-7,10,12H2,2-5H3. The van der Waals surface area contributed by atoms with Gasteiger partial charge < -0.3 is 9.47 Å². The molecule has 3 rings (SSSR count). The van der Waals surface area contributed by atoms with Gasteiger partial charge in [0.25, 0.3) is 0 Å². The molecular weight excluding hydrogens is 400 g/mol. The molecule has 0 amide bonds. The third-order valence-electron chi connectivity index (χ3n) is 7.42. The molecule has 0 spiro atoms. The molecule has 0 saturated heterocycles. The highest BCUT2D eigenvalue weighted by Gasteiger charge is 2.68. The molecule has 6 unspecified atom stereocenters. The molecule has 6 atom stereocenters. The van der Waals surface area contributed by atoms with Crippen molar-refractivity contribution in [2.45, 2.75) is 53.1 Å². The fourth-order valence-electron chi connectivity index (χ4n) is 6.14. The van der Waals surface area contributed by atoms with Gasteiger partial charge in [-0.15, -0.1) is 0 Å². The molecule has 0 aromatic heterocycles. The fourth-order valence-corrected chi connectivity index (χ4v) is 6.14. The molecule has 0 bridgehead atoms. The van der Waals surface area contributed by atoms with Gasteiger partial charge >= 0.3 is 11.9 Å². The molecule has 0 aromatic carbocycles. The highest BCUT2D eigenvalue weighted by molar-refractivity contribution is 6.01. The summed E-state index contributed by atoms with van der Waals surface area (Å²) in [6.07, 6.45) is 4.29. The van der Waals surface area contributed by atoms with Crippen LogP contribution < -0.4 is 0 Å². The quantitative estimate of drug-likeness (QED) is 0.375. The minimum Gasteiger partial charge on any atom is -0.465 e. The van der Waals surface area contributed by atoms with Crippen molar-refractivity contribution in [3.05, 3.63) is 24.3 Å². The van der Waals surface area contributed by atoms with Gasteiger partial charge in [-0.1, -0.05) is 26.5 Å². The molecule has 3 aliphatic carbocycles. The molecule has 7 heteroatoms. The number of carbonyl (C=O) groups excluding carboxylic acids is 5. The van der Waals surface area contributed by atoms with Crippen LogP contribution in [0.15, 0.2) is 24.3 Å². The summed E-state index contributed by atoms with van der Waals surface area (Å²) in [5.74, 6) is -3.41. The molecule has 168 valence electrons. The summed E-state index contributed by atoms with van der Waals surface area (Å²) in [7, 11) is 0. The van der Waals surface area contributed by atoms with E-state index in [4.69, 9.17) is 9.47 Å². The normalized spacial score (nSPS) is 36.1. The van der Waals surface area contributed by atoms with Gasteiger partial charge in [0.05, 0.1) is 5.41 Å². The highest BCUT2D eigenvalue weighted by atomic mass is 16.5. The molecule has 3 aliphatic rings. The zero-order valence-electron chi connectivity index (χ0n) is 18.5. The van der Waals surface area contributed by atoms with Crippen molar-refractivity contribution in [2.24, 2.45) is 34.5 Å². The first-order valence-corrected chi connectivity index (χ1v) is 10.7. The molecule has 7 nitrogen and oxygen atoms in total. The SMILES string of the molecule is C=C(C=O)C1CCC2C(C1)C(=O)C(OC(C)=O)C1C(C)(C)C=CC(=O)C21COC(C)=O. The second-order valence-corrected chi connectivity index (χ2v) is 9.67. The predicted octanol–water partition coefficient (Wildman–Crippen LogP) is 2.62. The molecule has 2 fully saturated rings. The van der Waals surface area contributed by atoms with Crippen molar-refractivity contribution in [1.29, 1.82) is 0 Å². The van der Waals surface area contributed by atoms with Crippen molar-refractivity contribution < 1.29 is 33.4 Å². The van der Waals surface area contributed by atoms with E-state index in [9.17, 15) is 24.0 Å². The predicted molar refractivity (Wildman–Crippen MR) is 111 cm³/mol. The summed E-state index contributed by atoms with van der Waals surface area (Å²) in [5, 5.41) is 0. The van der Waals surface area contributed by atoms with Crippen LogP contribution in [-0.4, -0.2) is 42.5 Å². The summed E-state index contributed by atoms with van der Waals surface area (Å²) < 4.78 is 11.0. The second kappa shape index (κ2) is 8.17. The van der Waals surface area contributed by atoms with Crippen molar-refractivity contribution in [3.8, 4) is 0 Å². The summed E-state index contributed by atoms with van der Waals surface area (Å²) in [5.41, 5.74) is -1.42. The summed E-state index contributed by atoms with van der Waals surface area (Å²) >= 11 is 0. The number of hydrogen-bond donors (Lipinski definition) is 0. The molecular formula is C24H30O7. The number of ketones is 2. The molecule has 0 heterocycles. The first-order chi connectivity index (χ1) is 14.5. The maximum Gasteiger partial charge on any atom is 0.303 e. The lowest BCUT2D eigenvalue weighted by molar-refractivity contribution is -0.199. The Morgan fingerprint density at radius 2 is 1.87 bits per heavy atom. The Labute approximate surface area is 182 Å². The third kappa shape index (κ3) is 3.79. The fraction of sp³-hybridized carbons (Fsp3) is 0.625. The first-order valence-electron chi connectivity index (χ1n) is 10.7. The average molecular weight is 430 g/mol. The summed E-state index contributed by atoms with van der Waals surface area (Å²) in [4.78, 5) is 62.1. The van der Waals surface area contributed by atoms with Crippen molar-refractivity contribution in [3.63, 3.8) is 0 Å². The van der Waals surface area contributed by atoms with Crippen molar-refractivity contribution in [1.82, 2.24) is 0 Å². The highest BCUT2D eigenvalue weighted by Crippen LogP contribution is 2.61. The lowest BCUT2D eigenvalue weighted by atomic mass is 9.43. The van der Waals surface area contributed by atoms with E-state index in [2.05, 4.69) is 6.58 Å². The van der Waals surface area contributed by atoms with E-state index in [-0.39, 0.29) is 30.0 Å². The van der Waals surface area contributed by atoms with Crippen LogP contribution in [0.3, 0.4) is 0 Å². The molecule has 0 N–H and O–H groups in total. The topological polar surface area (TPSA) is 104 Å². The van der Waals surface area contributed by atoms with Crippen LogP contribution in [0, 0.1) is 34.5 Å². The Balaban J connectivity index is 2.18. The Morgan fingerprint density at radius 1 is 1.19 bits per heavy atom. The third-order valence-corrected chi connectivity index (χ3v) is 7.42. The Hall–Kier alpha value is -2.57. The van der Waals surface area contributed by atoms with E-state index >= 15 is 0 Å². The number of hydrogen-bond acceptors (Lipinski definition) is 7. The zero-order valence-corrected chi connectivity index (χ0v) is 18.5. The van der Waals surface area contributed by atoms with E-state index in [0.717, 1.165) is 0 Å². The van der Waals surface area contributed by atoms with Gasteiger partial charge in [0, 0.05) is 25.7 Å². The van der Waals surface area contributed by atoms with Crippen LogP contribution in [0.25, 0.3) is 0 Å². The number of carbonyl (C=O) groups is 5. The van der Waals surface area contributed by atoms with Crippen molar-refractivity contribution >= 4 is 29.8 Å². The second-order valence-electron chi connectivity index (χ2n) is 9.67. The van der Waals surface area contributed by atoms with E-state index in [1.165, 1.54) is 19.9 Å². The van der Waals surface area contributed by atoms with Gasteiger partial charge in [-0.2, -0.15) is 0 Å². The number of rotatable bonds is 5. The number of aldehydes is 1. The zero-order chi connectivity index (χ0) is 23.1. The van der Waals surface area contributed by atoms with Gasteiger partial charge in [-0.25, -0.2) is 0 Å². The number of Topliss-reactive ketones (excluding diaryl/α,β-unsaturated/α-hetero) is 1. The van der Waals surface area contributed by atoms with Crippen LogP contribution in [0.4, 0.5) is 0 Å². The Bertz CT molecular complexity index is 867. The van der Waals surface area contributed by atoms with E-state index in [1.807, 2.05) is 13.8 Å². The molecule has 31 heavy (non-hydrogen) atoms. The average Bonchev–Trinajstić information content (AvgIpc) is 2.70. The molecule has 0 radical (unpaired) electrons. The minimum atomic E-state index is -1.18. The maximum absolute atomic E-state index is 13.6. The molecule has 0 aromatic rings. The van der Waals surface area contributed by atoms with Gasteiger partial charge in [-0.3, -0.25) is 24.0 Å². The van der Waals surface area contributed by atoms with Crippen LogP contribution in [0.5, 0.6) is 0 Å². The van der Waals surface area contributed by atoms with Gasteiger partial charge in [0.15, 0.2) is 17.7 Å². The van der Waals surface area contributed by atoms with Crippen LogP contribution >= 0.6 is 0 Å². The van der Waals surface area contributed by atoms with Crippen LogP contribution in [-0.2, 0) is 33.4 Å². The van der Waals surface area contributed by atoms with E-state index in [1.54, 1.807) is 6.08 Å².